The Morgan fingerprint density at radius 2 is 1.72 bits per heavy atom. The zero-order chi connectivity index (χ0) is 12.9. The first kappa shape index (κ1) is 11.5. The Labute approximate surface area is 107 Å². The topological polar surface area (TPSA) is 40.5 Å². The number of hydrogen-bond donors (Lipinski definition) is 2. The van der Waals surface area contributed by atoms with Gasteiger partial charge in [0.05, 0.1) is 0 Å². The zero-order valence-electron chi connectivity index (χ0n) is 10.5. The maximum atomic E-state index is 9.52. The van der Waals surface area contributed by atoms with Crippen LogP contribution in [0.5, 0.6) is 0 Å². The highest BCUT2D eigenvalue weighted by Crippen LogP contribution is 2.45. The molecule has 3 rings (SSSR count). The van der Waals surface area contributed by atoms with Crippen LogP contribution in [0, 0.1) is 0 Å². The third-order valence-corrected chi connectivity index (χ3v) is 3.90. The first-order chi connectivity index (χ1) is 8.51. The van der Waals surface area contributed by atoms with Gasteiger partial charge in [-0.15, -0.1) is 0 Å². The molecular formula is C15H15BO2. The average Bonchev–Trinajstić information content (AvgIpc) is 2.61. The van der Waals surface area contributed by atoms with Gasteiger partial charge in [-0.2, -0.15) is 0 Å². The van der Waals surface area contributed by atoms with E-state index in [9.17, 15) is 10.0 Å². The molecule has 0 spiro atoms. The quantitative estimate of drug-likeness (QED) is 0.749. The standard InChI is InChI=1S/C15H15BO2/c1-15(2)13(16(17)18)9-11-8-7-10-5-3-4-6-12(10)14(11)15/h3-9,17-18H,1-2H3. The van der Waals surface area contributed by atoms with Crippen LogP contribution in [-0.4, -0.2) is 17.2 Å². The molecule has 0 aromatic heterocycles. The molecule has 0 heterocycles. The second kappa shape index (κ2) is 3.71. The monoisotopic (exact) mass is 238 g/mol. The van der Waals surface area contributed by atoms with Crippen molar-refractivity contribution in [1.82, 2.24) is 0 Å². The Morgan fingerprint density at radius 1 is 1.00 bits per heavy atom. The SMILES string of the molecule is CC1(C)C(B(O)O)=Cc2ccc3ccccc3c21. The molecule has 0 aliphatic heterocycles. The summed E-state index contributed by atoms with van der Waals surface area (Å²) < 4.78 is 0. The van der Waals surface area contributed by atoms with Crippen LogP contribution in [0.15, 0.2) is 41.9 Å². The highest BCUT2D eigenvalue weighted by Gasteiger charge is 2.39. The summed E-state index contributed by atoms with van der Waals surface area (Å²) in [4.78, 5) is 0. The van der Waals surface area contributed by atoms with Crippen LogP contribution in [0.4, 0.5) is 0 Å². The highest BCUT2D eigenvalue weighted by atomic mass is 16.4. The number of allylic oxidation sites excluding steroid dienone is 1. The Hall–Kier alpha value is -1.58. The average molecular weight is 238 g/mol. The summed E-state index contributed by atoms with van der Waals surface area (Å²) in [6.07, 6.45) is 1.90. The number of rotatable bonds is 1. The molecule has 3 heteroatoms. The number of fused-ring (bicyclic) bond motifs is 3. The van der Waals surface area contributed by atoms with Gasteiger partial charge in [-0.3, -0.25) is 0 Å². The summed E-state index contributed by atoms with van der Waals surface area (Å²) in [5.74, 6) is 0. The molecule has 0 unspecified atom stereocenters. The molecule has 2 aromatic carbocycles. The van der Waals surface area contributed by atoms with Gasteiger partial charge in [-0.1, -0.05) is 56.3 Å². The van der Waals surface area contributed by atoms with E-state index in [2.05, 4.69) is 24.3 Å². The van der Waals surface area contributed by atoms with Crippen LogP contribution in [0.2, 0.25) is 0 Å². The molecule has 0 saturated carbocycles. The van der Waals surface area contributed by atoms with Crippen LogP contribution < -0.4 is 0 Å². The zero-order valence-corrected chi connectivity index (χ0v) is 10.5. The summed E-state index contributed by atoms with van der Waals surface area (Å²) in [6.45, 7) is 4.08. The van der Waals surface area contributed by atoms with Crippen molar-refractivity contribution in [2.45, 2.75) is 19.3 Å². The first-order valence-corrected chi connectivity index (χ1v) is 6.12. The summed E-state index contributed by atoms with van der Waals surface area (Å²) in [7, 11) is -1.40. The molecule has 18 heavy (non-hydrogen) atoms. The van der Waals surface area contributed by atoms with E-state index in [0.717, 1.165) is 5.56 Å². The van der Waals surface area contributed by atoms with E-state index in [1.165, 1.54) is 16.3 Å². The lowest BCUT2D eigenvalue weighted by Crippen LogP contribution is -2.29. The van der Waals surface area contributed by atoms with E-state index >= 15 is 0 Å². The maximum Gasteiger partial charge on any atom is 0.485 e. The summed E-state index contributed by atoms with van der Waals surface area (Å²) in [5.41, 5.74) is 2.59. The fourth-order valence-corrected chi connectivity index (χ4v) is 3.00. The van der Waals surface area contributed by atoms with Crippen molar-refractivity contribution >= 4 is 24.0 Å². The van der Waals surface area contributed by atoms with Gasteiger partial charge in [-0.05, 0) is 27.4 Å². The molecule has 0 atom stereocenters. The van der Waals surface area contributed by atoms with Crippen molar-refractivity contribution in [1.29, 1.82) is 0 Å². The Morgan fingerprint density at radius 3 is 2.44 bits per heavy atom. The molecule has 1 aliphatic rings. The summed E-state index contributed by atoms with van der Waals surface area (Å²) in [6, 6.07) is 12.3. The van der Waals surface area contributed by atoms with Crippen LogP contribution in [0.25, 0.3) is 16.8 Å². The molecule has 0 radical (unpaired) electrons. The predicted octanol–water partition coefficient (Wildman–Crippen LogP) is 2.53. The molecule has 2 nitrogen and oxygen atoms in total. The van der Waals surface area contributed by atoms with E-state index in [1.54, 1.807) is 0 Å². The van der Waals surface area contributed by atoms with E-state index in [4.69, 9.17) is 0 Å². The Balaban J connectivity index is 2.33. The predicted molar refractivity (Wildman–Crippen MR) is 75.1 cm³/mol. The molecular weight excluding hydrogens is 223 g/mol. The normalized spacial score (nSPS) is 16.6. The van der Waals surface area contributed by atoms with Crippen molar-refractivity contribution in [2.24, 2.45) is 0 Å². The van der Waals surface area contributed by atoms with Gasteiger partial charge in [0.2, 0.25) is 0 Å². The van der Waals surface area contributed by atoms with Gasteiger partial charge in [0.15, 0.2) is 0 Å². The minimum atomic E-state index is -1.40. The summed E-state index contributed by atoms with van der Waals surface area (Å²) >= 11 is 0. The molecule has 2 N–H and O–H groups in total. The van der Waals surface area contributed by atoms with E-state index in [1.807, 2.05) is 32.1 Å². The van der Waals surface area contributed by atoms with Crippen LogP contribution in [0.1, 0.15) is 25.0 Å². The van der Waals surface area contributed by atoms with Crippen molar-refractivity contribution in [3.63, 3.8) is 0 Å². The van der Waals surface area contributed by atoms with Gasteiger partial charge < -0.3 is 10.0 Å². The lowest BCUT2D eigenvalue weighted by Gasteiger charge is -2.25. The minimum absolute atomic E-state index is 0.343. The lowest BCUT2D eigenvalue weighted by molar-refractivity contribution is 0.408. The van der Waals surface area contributed by atoms with E-state index < -0.39 is 7.12 Å². The van der Waals surface area contributed by atoms with Gasteiger partial charge in [0.25, 0.3) is 0 Å². The summed E-state index contributed by atoms with van der Waals surface area (Å²) in [5, 5.41) is 21.4. The molecule has 1 aliphatic carbocycles. The number of hydrogen-bond acceptors (Lipinski definition) is 2. The van der Waals surface area contributed by atoms with Crippen LogP contribution in [0.3, 0.4) is 0 Å². The molecule has 0 fully saturated rings. The molecule has 0 saturated heterocycles. The smallest absolute Gasteiger partial charge is 0.423 e. The van der Waals surface area contributed by atoms with Crippen molar-refractivity contribution in [3.05, 3.63) is 53.0 Å². The van der Waals surface area contributed by atoms with Gasteiger partial charge in [0, 0.05) is 5.41 Å². The van der Waals surface area contributed by atoms with E-state index in [-0.39, 0.29) is 5.41 Å². The minimum Gasteiger partial charge on any atom is -0.423 e. The van der Waals surface area contributed by atoms with Crippen molar-refractivity contribution < 1.29 is 10.0 Å². The molecule has 90 valence electrons. The highest BCUT2D eigenvalue weighted by molar-refractivity contribution is 6.53. The van der Waals surface area contributed by atoms with Crippen molar-refractivity contribution in [2.75, 3.05) is 0 Å². The molecule has 0 bridgehead atoms. The fourth-order valence-electron chi connectivity index (χ4n) is 3.00. The third kappa shape index (κ3) is 1.44. The fraction of sp³-hybridized carbons (Fsp3) is 0.200. The number of benzene rings is 2. The van der Waals surface area contributed by atoms with Crippen LogP contribution >= 0.6 is 0 Å². The molecule has 0 amide bonds. The van der Waals surface area contributed by atoms with Gasteiger partial charge in [0.1, 0.15) is 0 Å². The van der Waals surface area contributed by atoms with Crippen LogP contribution in [-0.2, 0) is 5.41 Å². The second-order valence-electron chi connectivity index (χ2n) is 5.35. The maximum absolute atomic E-state index is 9.52. The first-order valence-electron chi connectivity index (χ1n) is 6.12. The van der Waals surface area contributed by atoms with Gasteiger partial charge in [-0.25, -0.2) is 0 Å². The third-order valence-electron chi connectivity index (χ3n) is 3.90. The largest absolute Gasteiger partial charge is 0.485 e. The Kier molecular flexibility index (Phi) is 2.37. The Bertz CT molecular complexity index is 657. The van der Waals surface area contributed by atoms with Gasteiger partial charge >= 0.3 is 7.12 Å². The second-order valence-corrected chi connectivity index (χ2v) is 5.35. The van der Waals surface area contributed by atoms with E-state index in [0.29, 0.717) is 5.47 Å². The lowest BCUT2D eigenvalue weighted by atomic mass is 9.64. The van der Waals surface area contributed by atoms with Crippen molar-refractivity contribution in [3.8, 4) is 0 Å². The molecule has 2 aromatic rings.